The predicted octanol–water partition coefficient (Wildman–Crippen LogP) is 2.52. The average Bonchev–Trinajstić information content (AvgIpc) is 2.46. The third-order valence-electron chi connectivity index (χ3n) is 2.72. The predicted molar refractivity (Wildman–Crippen MR) is 57.8 cm³/mol. The molecule has 1 rings (SSSR count). The van der Waals surface area contributed by atoms with Gasteiger partial charge >= 0.3 is 0 Å². The number of rotatable bonds is 5. The summed E-state index contributed by atoms with van der Waals surface area (Å²) in [6, 6.07) is 0.822. The van der Waals surface area contributed by atoms with Crippen molar-refractivity contribution >= 4 is 11.8 Å². The molecule has 0 heterocycles. The standard InChI is InChI=1S/C10H21NS/c1-3-12-8-7-11-10-6-4-5-9(10)2/h9-11H,3-8H2,1-2H3. The minimum absolute atomic E-state index is 0.822. The highest BCUT2D eigenvalue weighted by molar-refractivity contribution is 7.99. The lowest BCUT2D eigenvalue weighted by atomic mass is 10.1. The van der Waals surface area contributed by atoms with Gasteiger partial charge in [-0.3, -0.25) is 0 Å². The van der Waals surface area contributed by atoms with Crippen molar-refractivity contribution in [1.82, 2.24) is 5.32 Å². The van der Waals surface area contributed by atoms with Gasteiger partial charge < -0.3 is 5.32 Å². The van der Waals surface area contributed by atoms with Crippen LogP contribution in [0, 0.1) is 5.92 Å². The first-order valence-corrected chi connectivity index (χ1v) is 6.31. The molecular formula is C10H21NS. The Hall–Kier alpha value is 0.310. The highest BCUT2D eigenvalue weighted by atomic mass is 32.2. The van der Waals surface area contributed by atoms with Gasteiger partial charge in [0.05, 0.1) is 0 Å². The zero-order valence-electron chi connectivity index (χ0n) is 8.31. The Morgan fingerprint density at radius 2 is 2.25 bits per heavy atom. The second-order valence-corrected chi connectivity index (χ2v) is 5.06. The van der Waals surface area contributed by atoms with Gasteiger partial charge in [0, 0.05) is 18.3 Å². The summed E-state index contributed by atoms with van der Waals surface area (Å²) in [5.41, 5.74) is 0. The van der Waals surface area contributed by atoms with E-state index in [1.54, 1.807) is 0 Å². The molecule has 0 aromatic rings. The SMILES string of the molecule is CCSCCNC1CCCC1C. The Kier molecular flexibility index (Phi) is 5.08. The van der Waals surface area contributed by atoms with Crippen molar-refractivity contribution in [2.75, 3.05) is 18.1 Å². The Labute approximate surface area is 80.7 Å². The van der Waals surface area contributed by atoms with E-state index in [0.717, 1.165) is 12.0 Å². The van der Waals surface area contributed by atoms with E-state index < -0.39 is 0 Å². The van der Waals surface area contributed by atoms with Gasteiger partial charge in [-0.05, 0) is 24.5 Å². The van der Waals surface area contributed by atoms with Gasteiger partial charge in [0.25, 0.3) is 0 Å². The number of hydrogen-bond acceptors (Lipinski definition) is 2. The van der Waals surface area contributed by atoms with E-state index >= 15 is 0 Å². The molecule has 2 atom stereocenters. The molecule has 0 bridgehead atoms. The van der Waals surface area contributed by atoms with Gasteiger partial charge in [0.1, 0.15) is 0 Å². The second kappa shape index (κ2) is 5.87. The molecule has 0 aromatic heterocycles. The fraction of sp³-hybridized carbons (Fsp3) is 1.00. The Morgan fingerprint density at radius 1 is 1.42 bits per heavy atom. The van der Waals surface area contributed by atoms with Gasteiger partial charge in [0.15, 0.2) is 0 Å². The summed E-state index contributed by atoms with van der Waals surface area (Å²) in [6.45, 7) is 5.80. The van der Waals surface area contributed by atoms with Crippen LogP contribution in [0.2, 0.25) is 0 Å². The summed E-state index contributed by atoms with van der Waals surface area (Å²) < 4.78 is 0. The van der Waals surface area contributed by atoms with E-state index in [9.17, 15) is 0 Å². The molecule has 0 amide bonds. The second-order valence-electron chi connectivity index (χ2n) is 3.67. The van der Waals surface area contributed by atoms with Crippen LogP contribution in [0.25, 0.3) is 0 Å². The quantitative estimate of drug-likeness (QED) is 0.664. The topological polar surface area (TPSA) is 12.0 Å². The van der Waals surface area contributed by atoms with E-state index in [4.69, 9.17) is 0 Å². The van der Waals surface area contributed by atoms with Crippen LogP contribution in [0.4, 0.5) is 0 Å². The van der Waals surface area contributed by atoms with Crippen molar-refractivity contribution in [2.24, 2.45) is 5.92 Å². The summed E-state index contributed by atoms with van der Waals surface area (Å²) in [5, 5.41) is 3.65. The Morgan fingerprint density at radius 3 is 2.83 bits per heavy atom. The maximum absolute atomic E-state index is 3.65. The van der Waals surface area contributed by atoms with Gasteiger partial charge in [-0.1, -0.05) is 20.3 Å². The molecule has 0 aromatic carbocycles. The summed E-state index contributed by atoms with van der Waals surface area (Å²) in [4.78, 5) is 0. The number of nitrogens with one attached hydrogen (secondary N) is 1. The van der Waals surface area contributed by atoms with Crippen molar-refractivity contribution in [2.45, 2.75) is 39.2 Å². The zero-order valence-corrected chi connectivity index (χ0v) is 9.12. The minimum Gasteiger partial charge on any atom is -0.313 e. The monoisotopic (exact) mass is 187 g/mol. The van der Waals surface area contributed by atoms with E-state index in [-0.39, 0.29) is 0 Å². The van der Waals surface area contributed by atoms with Crippen LogP contribution < -0.4 is 5.32 Å². The van der Waals surface area contributed by atoms with Gasteiger partial charge in [-0.2, -0.15) is 11.8 Å². The molecule has 1 nitrogen and oxygen atoms in total. The van der Waals surface area contributed by atoms with E-state index in [2.05, 4.69) is 19.2 Å². The molecule has 2 heteroatoms. The highest BCUT2D eigenvalue weighted by Crippen LogP contribution is 2.24. The summed E-state index contributed by atoms with van der Waals surface area (Å²) >= 11 is 2.03. The zero-order chi connectivity index (χ0) is 8.81. The van der Waals surface area contributed by atoms with Crippen molar-refractivity contribution in [3.8, 4) is 0 Å². The summed E-state index contributed by atoms with van der Waals surface area (Å²) in [6.07, 6.45) is 4.26. The molecule has 0 spiro atoms. The van der Waals surface area contributed by atoms with Gasteiger partial charge in [-0.15, -0.1) is 0 Å². The van der Waals surface area contributed by atoms with Crippen molar-refractivity contribution in [3.05, 3.63) is 0 Å². The summed E-state index contributed by atoms with van der Waals surface area (Å²) in [5.74, 6) is 3.44. The highest BCUT2D eigenvalue weighted by Gasteiger charge is 2.21. The molecule has 1 saturated carbocycles. The molecule has 72 valence electrons. The molecule has 12 heavy (non-hydrogen) atoms. The van der Waals surface area contributed by atoms with E-state index in [0.29, 0.717) is 0 Å². The molecule has 1 aliphatic rings. The van der Waals surface area contributed by atoms with Crippen molar-refractivity contribution in [3.63, 3.8) is 0 Å². The van der Waals surface area contributed by atoms with Gasteiger partial charge in [0.2, 0.25) is 0 Å². The van der Waals surface area contributed by atoms with Crippen molar-refractivity contribution in [1.29, 1.82) is 0 Å². The molecule has 1 N–H and O–H groups in total. The molecule has 0 radical (unpaired) electrons. The lowest BCUT2D eigenvalue weighted by Gasteiger charge is -2.16. The van der Waals surface area contributed by atoms with Crippen LogP contribution in [0.1, 0.15) is 33.1 Å². The molecule has 1 aliphatic carbocycles. The number of hydrogen-bond donors (Lipinski definition) is 1. The van der Waals surface area contributed by atoms with Crippen molar-refractivity contribution < 1.29 is 0 Å². The van der Waals surface area contributed by atoms with Gasteiger partial charge in [-0.25, -0.2) is 0 Å². The third kappa shape index (κ3) is 3.36. The first kappa shape index (κ1) is 10.4. The Bertz CT molecular complexity index is 116. The smallest absolute Gasteiger partial charge is 0.00930 e. The fourth-order valence-corrected chi connectivity index (χ4v) is 2.46. The van der Waals surface area contributed by atoms with E-state index in [1.165, 1.54) is 37.3 Å². The normalized spacial score (nSPS) is 29.5. The lowest BCUT2D eigenvalue weighted by Crippen LogP contribution is -2.32. The average molecular weight is 187 g/mol. The van der Waals surface area contributed by atoms with Crippen LogP contribution in [0.15, 0.2) is 0 Å². The number of thioether (sulfide) groups is 1. The maximum atomic E-state index is 3.65. The first-order chi connectivity index (χ1) is 5.84. The fourth-order valence-electron chi connectivity index (χ4n) is 1.91. The molecule has 1 fully saturated rings. The minimum atomic E-state index is 0.822. The molecule has 0 saturated heterocycles. The van der Waals surface area contributed by atoms with E-state index in [1.807, 2.05) is 11.8 Å². The van der Waals surface area contributed by atoms with Crippen LogP contribution >= 0.6 is 11.8 Å². The van der Waals surface area contributed by atoms with Crippen LogP contribution in [-0.4, -0.2) is 24.1 Å². The molecular weight excluding hydrogens is 166 g/mol. The maximum Gasteiger partial charge on any atom is 0.00930 e. The van der Waals surface area contributed by atoms with Crippen LogP contribution in [0.3, 0.4) is 0 Å². The van der Waals surface area contributed by atoms with Crippen LogP contribution in [0.5, 0.6) is 0 Å². The summed E-state index contributed by atoms with van der Waals surface area (Å²) in [7, 11) is 0. The molecule has 0 aliphatic heterocycles. The molecule has 2 unspecified atom stereocenters. The first-order valence-electron chi connectivity index (χ1n) is 5.15. The van der Waals surface area contributed by atoms with Crippen LogP contribution in [-0.2, 0) is 0 Å². The largest absolute Gasteiger partial charge is 0.313 e. The lowest BCUT2D eigenvalue weighted by molar-refractivity contribution is 0.438. The third-order valence-corrected chi connectivity index (χ3v) is 3.62. The Balaban J connectivity index is 1.98.